The highest BCUT2D eigenvalue weighted by Crippen LogP contribution is 2.41. The van der Waals surface area contributed by atoms with Crippen molar-refractivity contribution < 1.29 is 4.79 Å². The number of carbonyl (C=O) groups is 1. The summed E-state index contributed by atoms with van der Waals surface area (Å²) in [5.41, 5.74) is 11.2. The number of azo groups is 2. The van der Waals surface area contributed by atoms with E-state index in [0.29, 0.717) is 38.9 Å². The lowest BCUT2D eigenvalue weighted by atomic mass is 9.95. The molecule has 47 heavy (non-hydrogen) atoms. The first kappa shape index (κ1) is 37.9. The zero-order valence-corrected chi connectivity index (χ0v) is 30.4. The molecule has 0 radical (unpaired) electrons. The van der Waals surface area contributed by atoms with Crippen molar-refractivity contribution in [2.24, 2.45) is 32.3 Å². The molecular formula is C38H57N7OS. The molecule has 0 saturated heterocycles. The van der Waals surface area contributed by atoms with Gasteiger partial charge in [0.05, 0.1) is 17.1 Å². The first-order valence-corrected chi connectivity index (χ1v) is 18.6. The highest BCUT2D eigenvalue weighted by Gasteiger charge is 2.19. The number of aryl methyl sites for hydroxylation is 1. The number of benzene rings is 2. The van der Waals surface area contributed by atoms with Crippen LogP contribution in [-0.2, 0) is 11.2 Å². The summed E-state index contributed by atoms with van der Waals surface area (Å²) >= 11 is 1.33. The number of nitrogens with one attached hydrogen (secondary N) is 1. The second-order valence-electron chi connectivity index (χ2n) is 12.6. The van der Waals surface area contributed by atoms with Gasteiger partial charge in [-0.1, -0.05) is 103 Å². The van der Waals surface area contributed by atoms with Crippen LogP contribution in [0.2, 0.25) is 0 Å². The number of nitrogens with zero attached hydrogens (tertiary/aromatic N) is 5. The van der Waals surface area contributed by atoms with Crippen LogP contribution >= 0.6 is 11.3 Å². The normalized spacial score (nSPS) is 13.0. The molecule has 256 valence electrons. The van der Waals surface area contributed by atoms with E-state index >= 15 is 0 Å². The van der Waals surface area contributed by atoms with E-state index in [-0.39, 0.29) is 5.91 Å². The minimum absolute atomic E-state index is 0.148. The Hall–Kier alpha value is -3.59. The highest BCUT2D eigenvalue weighted by molar-refractivity contribution is 7.20. The molecule has 2 aromatic carbocycles. The van der Waals surface area contributed by atoms with Gasteiger partial charge >= 0.3 is 0 Å². The maximum atomic E-state index is 12.3. The molecule has 0 aliphatic rings. The molecule has 0 spiro atoms. The molecule has 9 heteroatoms. The first-order valence-electron chi connectivity index (χ1n) is 17.8. The summed E-state index contributed by atoms with van der Waals surface area (Å²) in [7, 11) is 0. The number of carbonyl (C=O) groups excluding carboxylic acids is 1. The first-order chi connectivity index (χ1) is 22.8. The van der Waals surface area contributed by atoms with Crippen LogP contribution in [0.1, 0.15) is 111 Å². The third-order valence-electron chi connectivity index (χ3n) is 8.69. The summed E-state index contributed by atoms with van der Waals surface area (Å²) in [6.07, 6.45) is 13.1. The summed E-state index contributed by atoms with van der Waals surface area (Å²) in [6, 6.07) is 16.1. The van der Waals surface area contributed by atoms with Gasteiger partial charge in [0.15, 0.2) is 5.00 Å². The van der Waals surface area contributed by atoms with Gasteiger partial charge in [-0.25, -0.2) is 0 Å². The number of anilines is 3. The third kappa shape index (κ3) is 12.9. The van der Waals surface area contributed by atoms with Crippen LogP contribution in [0.4, 0.5) is 38.4 Å². The van der Waals surface area contributed by atoms with E-state index in [1.54, 1.807) is 6.07 Å². The SMILES string of the molecule is CCCCc1ccc(N=Nc2cc(N)c(N=Nc3ccc(N(CC(CC)CCCC)CC(CC)CCCC)cc3NC(C)=O)s2)cc1. The Balaban J connectivity index is 1.84. The van der Waals surface area contributed by atoms with E-state index in [4.69, 9.17) is 5.73 Å². The topological polar surface area (TPSA) is 108 Å². The monoisotopic (exact) mass is 659 g/mol. The molecule has 3 N–H and O–H groups in total. The standard InChI is InChI=1S/C38H57N7OS/c1-7-12-15-29(10-4)26-45(27-30(11-5)16-13-8-2)33-22-23-35(36(24-33)40-28(6)46)42-44-38-34(39)25-37(47-38)43-41-32-20-18-31(19-21-32)17-14-9-3/h18-25,29-30H,7-17,26-27,39H2,1-6H3,(H,40,46). The van der Waals surface area contributed by atoms with Crippen LogP contribution in [0.3, 0.4) is 0 Å². The zero-order valence-electron chi connectivity index (χ0n) is 29.6. The van der Waals surface area contributed by atoms with Gasteiger partial charge in [0.1, 0.15) is 10.7 Å². The van der Waals surface area contributed by atoms with Crippen molar-refractivity contribution in [1.29, 1.82) is 0 Å². The van der Waals surface area contributed by atoms with Crippen molar-refractivity contribution >= 4 is 55.7 Å². The maximum Gasteiger partial charge on any atom is 0.221 e. The largest absolute Gasteiger partial charge is 0.396 e. The predicted molar refractivity (Wildman–Crippen MR) is 202 cm³/mol. The summed E-state index contributed by atoms with van der Waals surface area (Å²) in [4.78, 5) is 14.8. The third-order valence-corrected chi connectivity index (χ3v) is 9.61. The Bertz CT molecular complexity index is 1400. The smallest absolute Gasteiger partial charge is 0.221 e. The van der Waals surface area contributed by atoms with Crippen molar-refractivity contribution in [2.75, 3.05) is 29.0 Å². The molecule has 0 fully saturated rings. The number of hydrogen-bond acceptors (Lipinski definition) is 8. The van der Waals surface area contributed by atoms with E-state index in [0.717, 1.165) is 43.7 Å². The van der Waals surface area contributed by atoms with Crippen molar-refractivity contribution in [1.82, 2.24) is 0 Å². The minimum Gasteiger partial charge on any atom is -0.396 e. The average Bonchev–Trinajstić information content (AvgIpc) is 3.44. The molecule has 0 saturated carbocycles. The lowest BCUT2D eigenvalue weighted by Gasteiger charge is -2.33. The Kier molecular flexibility index (Phi) is 16.6. The van der Waals surface area contributed by atoms with Crippen LogP contribution in [0.5, 0.6) is 0 Å². The van der Waals surface area contributed by atoms with E-state index in [1.165, 1.54) is 75.2 Å². The van der Waals surface area contributed by atoms with Gasteiger partial charge in [0, 0.05) is 31.8 Å². The number of thiophene rings is 1. The zero-order chi connectivity index (χ0) is 34.0. The number of nitrogen functional groups attached to an aromatic ring is 1. The van der Waals surface area contributed by atoms with Gasteiger partial charge in [-0.2, -0.15) is 0 Å². The Morgan fingerprint density at radius 1 is 0.809 bits per heavy atom. The Labute approximate surface area is 287 Å². The van der Waals surface area contributed by atoms with E-state index in [1.807, 2.05) is 18.2 Å². The number of hydrogen-bond donors (Lipinski definition) is 2. The van der Waals surface area contributed by atoms with E-state index < -0.39 is 0 Å². The molecule has 3 rings (SSSR count). The predicted octanol–water partition coefficient (Wildman–Crippen LogP) is 12.7. The summed E-state index contributed by atoms with van der Waals surface area (Å²) in [5.74, 6) is 1.10. The lowest BCUT2D eigenvalue weighted by molar-refractivity contribution is -0.114. The summed E-state index contributed by atoms with van der Waals surface area (Å²) in [6.45, 7) is 14.9. The maximum absolute atomic E-state index is 12.3. The van der Waals surface area contributed by atoms with Crippen LogP contribution in [-0.4, -0.2) is 19.0 Å². The van der Waals surface area contributed by atoms with Gasteiger partial charge < -0.3 is 16.0 Å². The molecule has 1 amide bonds. The summed E-state index contributed by atoms with van der Waals surface area (Å²) < 4.78 is 0. The molecule has 8 nitrogen and oxygen atoms in total. The molecular weight excluding hydrogens is 603 g/mol. The second-order valence-corrected chi connectivity index (χ2v) is 13.6. The Morgan fingerprint density at radius 2 is 1.45 bits per heavy atom. The minimum atomic E-state index is -0.148. The fourth-order valence-corrected chi connectivity index (χ4v) is 6.39. The molecule has 0 aliphatic heterocycles. The fourth-order valence-electron chi connectivity index (χ4n) is 5.67. The quantitative estimate of drug-likeness (QED) is 0.111. The van der Waals surface area contributed by atoms with E-state index in [2.05, 4.69) is 89.6 Å². The molecule has 2 atom stereocenters. The van der Waals surface area contributed by atoms with Crippen molar-refractivity contribution in [3.8, 4) is 0 Å². The van der Waals surface area contributed by atoms with Crippen LogP contribution in [0.25, 0.3) is 0 Å². The van der Waals surface area contributed by atoms with Gasteiger partial charge in [-0.3, -0.25) is 4.79 Å². The number of nitrogens with two attached hydrogens (primary N) is 1. The van der Waals surface area contributed by atoms with Crippen LogP contribution < -0.4 is 16.0 Å². The lowest BCUT2D eigenvalue weighted by Crippen LogP contribution is -2.34. The van der Waals surface area contributed by atoms with Crippen molar-refractivity contribution in [2.45, 2.75) is 112 Å². The molecule has 1 heterocycles. The molecule has 1 aromatic heterocycles. The van der Waals surface area contributed by atoms with Gasteiger partial charge in [0.2, 0.25) is 5.91 Å². The number of unbranched alkanes of at least 4 members (excludes halogenated alkanes) is 3. The second kappa shape index (κ2) is 20.6. The molecule has 3 aromatic rings. The number of rotatable bonds is 21. The molecule has 0 aliphatic carbocycles. The summed E-state index contributed by atoms with van der Waals surface area (Å²) in [5, 5.41) is 22.0. The molecule has 2 unspecified atom stereocenters. The van der Waals surface area contributed by atoms with Crippen molar-refractivity contribution in [3.05, 3.63) is 54.1 Å². The average molecular weight is 660 g/mol. The van der Waals surface area contributed by atoms with Crippen LogP contribution in [0, 0.1) is 11.8 Å². The van der Waals surface area contributed by atoms with Crippen LogP contribution in [0.15, 0.2) is 69.0 Å². The Morgan fingerprint density at radius 3 is 2.02 bits per heavy atom. The number of amides is 1. The van der Waals surface area contributed by atoms with Gasteiger partial charge in [-0.05, 0) is 73.4 Å². The van der Waals surface area contributed by atoms with Gasteiger partial charge in [0.25, 0.3) is 0 Å². The van der Waals surface area contributed by atoms with Gasteiger partial charge in [-0.15, -0.1) is 20.5 Å². The van der Waals surface area contributed by atoms with E-state index in [9.17, 15) is 4.79 Å². The van der Waals surface area contributed by atoms with Crippen molar-refractivity contribution in [3.63, 3.8) is 0 Å². The fraction of sp³-hybridized carbons (Fsp3) is 0.553. The highest BCUT2D eigenvalue weighted by atomic mass is 32.1. The molecule has 0 bridgehead atoms.